The molecule has 0 unspecified atom stereocenters. The van der Waals surface area contributed by atoms with Gasteiger partial charge < -0.3 is 9.47 Å². The van der Waals surface area contributed by atoms with Crippen molar-refractivity contribution in [2.45, 2.75) is 32.6 Å². The highest BCUT2D eigenvalue weighted by molar-refractivity contribution is 5.64. The molecule has 0 saturated heterocycles. The Balaban J connectivity index is 1.97. The summed E-state index contributed by atoms with van der Waals surface area (Å²) in [4.78, 5) is 11.2. The van der Waals surface area contributed by atoms with Crippen LogP contribution in [0.1, 0.15) is 30.9 Å². The monoisotopic (exact) mass is 220 g/mol. The van der Waals surface area contributed by atoms with Crippen molar-refractivity contribution in [3.05, 3.63) is 29.3 Å². The van der Waals surface area contributed by atoms with Crippen LogP contribution in [0.3, 0.4) is 0 Å². The van der Waals surface area contributed by atoms with Crippen molar-refractivity contribution < 1.29 is 14.3 Å². The smallest absolute Gasteiger partial charge is 0.434 e. The van der Waals surface area contributed by atoms with Crippen molar-refractivity contribution in [1.82, 2.24) is 0 Å². The lowest BCUT2D eigenvalue weighted by molar-refractivity contribution is 0.0991. The molecule has 86 valence electrons. The minimum atomic E-state index is -0.611. The predicted octanol–water partition coefficient (Wildman–Crippen LogP) is 3.10. The summed E-state index contributed by atoms with van der Waals surface area (Å²) >= 11 is 0. The summed E-state index contributed by atoms with van der Waals surface area (Å²) in [7, 11) is 0. The first kappa shape index (κ1) is 11.0. The van der Waals surface area contributed by atoms with Gasteiger partial charge >= 0.3 is 6.16 Å². The van der Waals surface area contributed by atoms with Crippen molar-refractivity contribution in [2.24, 2.45) is 0 Å². The summed E-state index contributed by atoms with van der Waals surface area (Å²) in [6, 6.07) is 5.80. The maximum Gasteiger partial charge on any atom is 0.513 e. The SMILES string of the molecule is CCCOC(=O)Oc1ccc2c(c1)CCC2. The molecule has 0 aliphatic heterocycles. The van der Waals surface area contributed by atoms with Crippen LogP contribution in [0.2, 0.25) is 0 Å². The lowest BCUT2D eigenvalue weighted by Gasteiger charge is -2.06. The van der Waals surface area contributed by atoms with Gasteiger partial charge in [-0.15, -0.1) is 0 Å². The second-order valence-corrected chi connectivity index (χ2v) is 3.98. The Labute approximate surface area is 95.4 Å². The van der Waals surface area contributed by atoms with Crippen LogP contribution >= 0.6 is 0 Å². The summed E-state index contributed by atoms with van der Waals surface area (Å²) in [6.07, 6.45) is 3.60. The van der Waals surface area contributed by atoms with Gasteiger partial charge in [0.2, 0.25) is 0 Å². The van der Waals surface area contributed by atoms with Crippen LogP contribution in [-0.2, 0) is 17.6 Å². The van der Waals surface area contributed by atoms with E-state index in [2.05, 4.69) is 0 Å². The zero-order valence-corrected chi connectivity index (χ0v) is 9.49. The van der Waals surface area contributed by atoms with Gasteiger partial charge in [0.25, 0.3) is 0 Å². The Kier molecular flexibility index (Phi) is 3.44. The molecule has 0 bridgehead atoms. The molecule has 2 rings (SSSR count). The first-order valence-electron chi connectivity index (χ1n) is 5.76. The summed E-state index contributed by atoms with van der Waals surface area (Å²) < 4.78 is 9.93. The molecular weight excluding hydrogens is 204 g/mol. The lowest BCUT2D eigenvalue weighted by atomic mass is 10.1. The number of hydrogen-bond acceptors (Lipinski definition) is 3. The van der Waals surface area contributed by atoms with Crippen LogP contribution in [0.5, 0.6) is 5.75 Å². The van der Waals surface area contributed by atoms with E-state index in [-0.39, 0.29) is 0 Å². The van der Waals surface area contributed by atoms with Crippen LogP contribution in [-0.4, -0.2) is 12.8 Å². The molecule has 1 aliphatic rings. The molecule has 0 spiro atoms. The van der Waals surface area contributed by atoms with E-state index in [1.165, 1.54) is 17.5 Å². The van der Waals surface area contributed by atoms with Gasteiger partial charge in [-0.1, -0.05) is 13.0 Å². The molecule has 1 aliphatic carbocycles. The third kappa shape index (κ3) is 2.54. The second kappa shape index (κ2) is 5.01. The van der Waals surface area contributed by atoms with Crippen LogP contribution < -0.4 is 4.74 Å². The highest BCUT2D eigenvalue weighted by atomic mass is 16.7. The van der Waals surface area contributed by atoms with Crippen LogP contribution in [0.4, 0.5) is 4.79 Å². The largest absolute Gasteiger partial charge is 0.513 e. The van der Waals surface area contributed by atoms with E-state index in [0.29, 0.717) is 12.4 Å². The van der Waals surface area contributed by atoms with Crippen LogP contribution in [0.25, 0.3) is 0 Å². The third-order valence-electron chi connectivity index (χ3n) is 2.70. The predicted molar refractivity (Wildman–Crippen MR) is 60.7 cm³/mol. The molecule has 0 fully saturated rings. The zero-order valence-electron chi connectivity index (χ0n) is 9.49. The molecule has 3 nitrogen and oxygen atoms in total. The van der Waals surface area contributed by atoms with Crippen molar-refractivity contribution in [3.63, 3.8) is 0 Å². The molecule has 0 saturated carbocycles. The lowest BCUT2D eigenvalue weighted by Crippen LogP contribution is -2.11. The number of ether oxygens (including phenoxy) is 2. The molecule has 0 heterocycles. The zero-order chi connectivity index (χ0) is 11.4. The molecule has 0 radical (unpaired) electrons. The van der Waals surface area contributed by atoms with E-state index < -0.39 is 6.16 Å². The van der Waals surface area contributed by atoms with Crippen molar-refractivity contribution in [1.29, 1.82) is 0 Å². The van der Waals surface area contributed by atoms with Gasteiger partial charge in [0, 0.05) is 0 Å². The third-order valence-corrected chi connectivity index (χ3v) is 2.70. The maximum absolute atomic E-state index is 11.2. The molecule has 0 N–H and O–H groups in total. The van der Waals surface area contributed by atoms with Gasteiger partial charge in [-0.3, -0.25) is 0 Å². The maximum atomic E-state index is 11.2. The number of carbonyl (C=O) groups is 1. The Morgan fingerprint density at radius 1 is 1.31 bits per heavy atom. The van der Waals surface area contributed by atoms with Crippen LogP contribution in [0, 0.1) is 0 Å². The number of fused-ring (bicyclic) bond motifs is 1. The number of aryl methyl sites for hydroxylation is 2. The molecule has 1 aromatic rings. The minimum Gasteiger partial charge on any atom is -0.434 e. The normalized spacial score (nSPS) is 13.3. The van der Waals surface area contributed by atoms with Gasteiger partial charge in [-0.2, -0.15) is 0 Å². The first-order chi connectivity index (χ1) is 7.79. The van der Waals surface area contributed by atoms with Gasteiger partial charge in [0.1, 0.15) is 5.75 Å². The number of carbonyl (C=O) groups excluding carboxylic acids is 1. The van der Waals surface area contributed by atoms with E-state index in [1.54, 1.807) is 0 Å². The molecule has 0 amide bonds. The average molecular weight is 220 g/mol. The molecule has 0 aromatic heterocycles. The second-order valence-electron chi connectivity index (χ2n) is 3.98. The number of hydrogen-bond donors (Lipinski definition) is 0. The summed E-state index contributed by atoms with van der Waals surface area (Å²) in [6.45, 7) is 2.35. The first-order valence-corrected chi connectivity index (χ1v) is 5.76. The number of rotatable bonds is 3. The standard InChI is InChI=1S/C13H16O3/c1-2-8-15-13(14)16-12-7-6-10-4-3-5-11(10)9-12/h6-7,9H,2-5,8H2,1H3. The van der Waals surface area contributed by atoms with E-state index in [4.69, 9.17) is 9.47 Å². The fourth-order valence-electron chi connectivity index (χ4n) is 1.92. The Morgan fingerprint density at radius 2 is 2.12 bits per heavy atom. The van der Waals surface area contributed by atoms with E-state index in [9.17, 15) is 4.79 Å². The molecular formula is C13H16O3. The topological polar surface area (TPSA) is 35.5 Å². The summed E-state index contributed by atoms with van der Waals surface area (Å²) in [5, 5.41) is 0. The van der Waals surface area contributed by atoms with Crippen molar-refractivity contribution in [2.75, 3.05) is 6.61 Å². The Bertz CT molecular complexity index is 385. The highest BCUT2D eigenvalue weighted by Crippen LogP contribution is 2.26. The van der Waals surface area contributed by atoms with E-state index in [1.807, 2.05) is 25.1 Å². The summed E-state index contributed by atoms with van der Waals surface area (Å²) in [5.41, 5.74) is 2.66. The number of benzene rings is 1. The van der Waals surface area contributed by atoms with E-state index >= 15 is 0 Å². The van der Waals surface area contributed by atoms with E-state index in [0.717, 1.165) is 19.3 Å². The fraction of sp³-hybridized carbons (Fsp3) is 0.462. The molecule has 0 atom stereocenters. The molecule has 1 aromatic carbocycles. The Hall–Kier alpha value is -1.51. The van der Waals surface area contributed by atoms with Gasteiger partial charge in [-0.25, -0.2) is 4.79 Å². The van der Waals surface area contributed by atoms with Gasteiger partial charge in [-0.05, 0) is 48.9 Å². The average Bonchev–Trinajstić information content (AvgIpc) is 2.73. The molecule has 3 heteroatoms. The highest BCUT2D eigenvalue weighted by Gasteiger charge is 2.13. The quantitative estimate of drug-likeness (QED) is 0.580. The minimum absolute atomic E-state index is 0.407. The fourth-order valence-corrected chi connectivity index (χ4v) is 1.92. The summed E-state index contributed by atoms with van der Waals surface area (Å²) in [5.74, 6) is 0.585. The Morgan fingerprint density at radius 3 is 2.94 bits per heavy atom. The van der Waals surface area contributed by atoms with Crippen LogP contribution in [0.15, 0.2) is 18.2 Å². The van der Waals surface area contributed by atoms with Crippen molar-refractivity contribution in [3.8, 4) is 5.75 Å². The van der Waals surface area contributed by atoms with Gasteiger partial charge in [0.15, 0.2) is 0 Å². The van der Waals surface area contributed by atoms with Gasteiger partial charge in [0.05, 0.1) is 6.61 Å². The molecule has 16 heavy (non-hydrogen) atoms. The van der Waals surface area contributed by atoms with Crippen molar-refractivity contribution >= 4 is 6.16 Å².